The highest BCUT2D eigenvalue weighted by molar-refractivity contribution is 9.10. The molecule has 0 radical (unpaired) electrons. The van der Waals surface area contributed by atoms with Crippen molar-refractivity contribution in [1.29, 1.82) is 0 Å². The molecule has 1 N–H and O–H groups in total. The molecular weight excluding hydrogens is 294 g/mol. The summed E-state index contributed by atoms with van der Waals surface area (Å²) in [5, 5.41) is 3.34. The van der Waals surface area contributed by atoms with Gasteiger partial charge in [-0.15, -0.1) is 0 Å². The number of furan rings is 1. The van der Waals surface area contributed by atoms with Gasteiger partial charge in [0.25, 0.3) is 0 Å². The Labute approximate surface area is 115 Å². The predicted octanol–water partition coefficient (Wildman–Crippen LogP) is 3.68. The maximum absolute atomic E-state index is 5.50. The molecule has 96 valence electrons. The zero-order valence-electron chi connectivity index (χ0n) is 10.6. The minimum absolute atomic E-state index is 0.100. The topological polar surface area (TPSA) is 41.3 Å². The van der Waals surface area contributed by atoms with Gasteiger partial charge in [-0.2, -0.15) is 0 Å². The SMILES string of the molecule is CC(Nc1ccc(N(C)C)nc1)c1ccc(Br)o1. The third kappa shape index (κ3) is 3.04. The Balaban J connectivity index is 2.05. The van der Waals surface area contributed by atoms with Gasteiger partial charge in [-0.1, -0.05) is 0 Å². The van der Waals surface area contributed by atoms with E-state index in [9.17, 15) is 0 Å². The number of aromatic nitrogens is 1. The fraction of sp³-hybridized carbons (Fsp3) is 0.308. The van der Waals surface area contributed by atoms with Crippen LogP contribution in [0.5, 0.6) is 0 Å². The largest absolute Gasteiger partial charge is 0.452 e. The molecule has 2 aromatic heterocycles. The molecule has 1 unspecified atom stereocenters. The molecular formula is C13H16BrN3O. The van der Waals surface area contributed by atoms with E-state index in [-0.39, 0.29) is 6.04 Å². The Morgan fingerprint density at radius 3 is 2.56 bits per heavy atom. The minimum Gasteiger partial charge on any atom is -0.452 e. The van der Waals surface area contributed by atoms with Crippen LogP contribution >= 0.6 is 15.9 Å². The maximum Gasteiger partial charge on any atom is 0.169 e. The molecule has 0 spiro atoms. The smallest absolute Gasteiger partial charge is 0.169 e. The van der Waals surface area contributed by atoms with E-state index in [2.05, 4.69) is 26.2 Å². The minimum atomic E-state index is 0.100. The normalized spacial score (nSPS) is 12.2. The number of hydrogen-bond donors (Lipinski definition) is 1. The van der Waals surface area contributed by atoms with Gasteiger partial charge in [0.15, 0.2) is 4.67 Å². The van der Waals surface area contributed by atoms with Crippen molar-refractivity contribution in [2.75, 3.05) is 24.3 Å². The highest BCUT2D eigenvalue weighted by atomic mass is 79.9. The summed E-state index contributed by atoms with van der Waals surface area (Å²) < 4.78 is 6.25. The Bertz CT molecular complexity index is 507. The van der Waals surface area contributed by atoms with Crippen molar-refractivity contribution < 1.29 is 4.42 Å². The number of hydrogen-bond acceptors (Lipinski definition) is 4. The van der Waals surface area contributed by atoms with Crippen LogP contribution in [0, 0.1) is 0 Å². The zero-order valence-corrected chi connectivity index (χ0v) is 12.2. The van der Waals surface area contributed by atoms with Crippen LogP contribution in [0.1, 0.15) is 18.7 Å². The first-order chi connectivity index (χ1) is 8.56. The average Bonchev–Trinajstić information content (AvgIpc) is 2.76. The van der Waals surface area contributed by atoms with Crippen molar-refractivity contribution in [3.63, 3.8) is 0 Å². The van der Waals surface area contributed by atoms with Crippen molar-refractivity contribution in [2.45, 2.75) is 13.0 Å². The third-order valence-electron chi connectivity index (χ3n) is 2.61. The summed E-state index contributed by atoms with van der Waals surface area (Å²) in [5.41, 5.74) is 0.973. The molecule has 2 heterocycles. The second-order valence-corrected chi connectivity index (χ2v) is 5.09. The van der Waals surface area contributed by atoms with Gasteiger partial charge in [0.1, 0.15) is 11.6 Å². The molecule has 4 nitrogen and oxygen atoms in total. The van der Waals surface area contributed by atoms with Crippen LogP contribution in [0.2, 0.25) is 0 Å². The number of nitrogens with one attached hydrogen (secondary N) is 1. The lowest BCUT2D eigenvalue weighted by atomic mass is 10.2. The molecule has 1 atom stereocenters. The quantitative estimate of drug-likeness (QED) is 0.935. The fourth-order valence-electron chi connectivity index (χ4n) is 1.62. The summed E-state index contributed by atoms with van der Waals surface area (Å²) in [6, 6.07) is 7.93. The van der Waals surface area contributed by atoms with Gasteiger partial charge in [-0.05, 0) is 47.1 Å². The molecule has 0 aromatic carbocycles. The van der Waals surface area contributed by atoms with E-state index in [1.807, 2.05) is 56.4 Å². The molecule has 0 aliphatic carbocycles. The Hall–Kier alpha value is -1.49. The average molecular weight is 310 g/mol. The fourth-order valence-corrected chi connectivity index (χ4v) is 1.94. The van der Waals surface area contributed by atoms with E-state index in [1.165, 1.54) is 0 Å². The van der Waals surface area contributed by atoms with Crippen LogP contribution in [0.25, 0.3) is 0 Å². The molecule has 0 aliphatic heterocycles. The lowest BCUT2D eigenvalue weighted by molar-refractivity contribution is 0.471. The van der Waals surface area contributed by atoms with Crippen molar-refractivity contribution in [2.24, 2.45) is 0 Å². The van der Waals surface area contributed by atoms with E-state index in [1.54, 1.807) is 0 Å². The summed E-state index contributed by atoms with van der Waals surface area (Å²) in [5.74, 6) is 1.83. The van der Waals surface area contributed by atoms with E-state index < -0.39 is 0 Å². The maximum atomic E-state index is 5.50. The van der Waals surface area contributed by atoms with Crippen LogP contribution in [0.15, 0.2) is 39.5 Å². The number of nitrogens with zero attached hydrogens (tertiary/aromatic N) is 2. The van der Waals surface area contributed by atoms with Gasteiger partial charge in [0.05, 0.1) is 17.9 Å². The second-order valence-electron chi connectivity index (χ2n) is 4.31. The molecule has 0 saturated carbocycles. The van der Waals surface area contributed by atoms with E-state index in [0.717, 1.165) is 21.9 Å². The van der Waals surface area contributed by atoms with Gasteiger partial charge < -0.3 is 14.6 Å². The van der Waals surface area contributed by atoms with Crippen LogP contribution in [-0.2, 0) is 0 Å². The van der Waals surface area contributed by atoms with Crippen LogP contribution in [-0.4, -0.2) is 19.1 Å². The third-order valence-corrected chi connectivity index (χ3v) is 3.04. The van der Waals surface area contributed by atoms with Gasteiger partial charge in [-0.3, -0.25) is 0 Å². The Morgan fingerprint density at radius 2 is 2.06 bits per heavy atom. The van der Waals surface area contributed by atoms with Crippen molar-refractivity contribution in [3.05, 3.63) is 40.9 Å². The Morgan fingerprint density at radius 1 is 1.28 bits per heavy atom. The number of anilines is 2. The van der Waals surface area contributed by atoms with Crippen molar-refractivity contribution in [1.82, 2.24) is 4.98 Å². The molecule has 18 heavy (non-hydrogen) atoms. The lowest BCUT2D eigenvalue weighted by Crippen LogP contribution is -2.11. The summed E-state index contributed by atoms with van der Waals surface area (Å²) >= 11 is 3.30. The van der Waals surface area contributed by atoms with Crippen molar-refractivity contribution >= 4 is 27.4 Å². The van der Waals surface area contributed by atoms with Crippen LogP contribution in [0.4, 0.5) is 11.5 Å². The molecule has 0 saturated heterocycles. The number of halogens is 1. The van der Waals surface area contributed by atoms with E-state index in [0.29, 0.717) is 0 Å². The summed E-state index contributed by atoms with van der Waals surface area (Å²) in [4.78, 5) is 6.32. The monoisotopic (exact) mass is 309 g/mol. The van der Waals surface area contributed by atoms with Crippen LogP contribution < -0.4 is 10.2 Å². The molecule has 0 amide bonds. The summed E-state index contributed by atoms with van der Waals surface area (Å²) in [6.07, 6.45) is 1.82. The highest BCUT2D eigenvalue weighted by Gasteiger charge is 2.09. The first-order valence-corrected chi connectivity index (χ1v) is 6.50. The van der Waals surface area contributed by atoms with Crippen LogP contribution in [0.3, 0.4) is 0 Å². The van der Waals surface area contributed by atoms with Gasteiger partial charge in [-0.25, -0.2) is 4.98 Å². The molecule has 2 aromatic rings. The summed E-state index contributed by atoms with van der Waals surface area (Å²) in [7, 11) is 3.94. The number of pyridine rings is 1. The molecule has 0 bridgehead atoms. The van der Waals surface area contributed by atoms with Gasteiger partial charge in [0.2, 0.25) is 0 Å². The Kier molecular flexibility index (Phi) is 3.91. The second kappa shape index (κ2) is 5.44. The standard InChI is InChI=1S/C13H16BrN3O/c1-9(11-5-6-12(14)18-11)16-10-4-7-13(15-8-10)17(2)3/h4-9,16H,1-3H3. The summed E-state index contributed by atoms with van der Waals surface area (Å²) in [6.45, 7) is 2.05. The zero-order chi connectivity index (χ0) is 13.1. The first kappa shape index (κ1) is 13.0. The van der Waals surface area contributed by atoms with E-state index in [4.69, 9.17) is 4.42 Å². The first-order valence-electron chi connectivity index (χ1n) is 5.71. The molecule has 5 heteroatoms. The molecule has 0 fully saturated rings. The van der Waals surface area contributed by atoms with E-state index >= 15 is 0 Å². The lowest BCUT2D eigenvalue weighted by Gasteiger charge is -2.15. The van der Waals surface area contributed by atoms with Gasteiger partial charge >= 0.3 is 0 Å². The molecule has 0 aliphatic rings. The predicted molar refractivity (Wildman–Crippen MR) is 77.0 cm³/mol. The highest BCUT2D eigenvalue weighted by Crippen LogP contribution is 2.23. The van der Waals surface area contributed by atoms with Crippen molar-refractivity contribution in [3.8, 4) is 0 Å². The number of rotatable bonds is 4. The van der Waals surface area contributed by atoms with Gasteiger partial charge in [0, 0.05) is 14.1 Å². The molecule has 2 rings (SSSR count).